The number of nitrogens with one attached hydrogen (secondary N) is 2. The summed E-state index contributed by atoms with van der Waals surface area (Å²) in [5.74, 6) is 0.373. The maximum atomic E-state index is 11.5. The first-order chi connectivity index (χ1) is 9.13. The number of ether oxygens (including phenoxy) is 1. The molecule has 1 atom stereocenters. The highest BCUT2D eigenvalue weighted by atomic mass is 16.5. The minimum absolute atomic E-state index is 0.0355. The third-order valence-corrected chi connectivity index (χ3v) is 2.53. The lowest BCUT2D eigenvalue weighted by atomic mass is 10.2. The molecule has 1 aromatic rings. The number of benzene rings is 1. The molecular weight excluding hydrogens is 244 g/mol. The molecule has 6 nitrogen and oxygen atoms in total. The molecule has 0 spiro atoms. The number of hydrogen-bond donors (Lipinski definition) is 2. The molecule has 1 aliphatic heterocycles. The average Bonchev–Trinajstić information content (AvgIpc) is 2.41. The first-order valence-corrected chi connectivity index (χ1v) is 5.52. The average molecular weight is 254 g/mol. The largest absolute Gasteiger partial charge is 0.479 e. The molecule has 1 aromatic carbocycles. The van der Waals surface area contributed by atoms with Crippen LogP contribution in [0.5, 0.6) is 5.75 Å². The SMILES string of the molecule is CC1Oc2ccc(NC=C(C#N)C#N)cc2NC1=O. The molecule has 2 N–H and O–H groups in total. The summed E-state index contributed by atoms with van der Waals surface area (Å²) >= 11 is 0. The number of fused-ring (bicyclic) bond motifs is 1. The molecule has 1 heterocycles. The monoisotopic (exact) mass is 254 g/mol. The van der Waals surface area contributed by atoms with Gasteiger partial charge in [0.2, 0.25) is 0 Å². The molecule has 0 saturated heterocycles. The van der Waals surface area contributed by atoms with Crippen LogP contribution in [0.3, 0.4) is 0 Å². The Hall–Kier alpha value is -2.99. The molecule has 19 heavy (non-hydrogen) atoms. The van der Waals surface area contributed by atoms with Crippen molar-refractivity contribution in [3.8, 4) is 17.9 Å². The van der Waals surface area contributed by atoms with E-state index in [1.165, 1.54) is 6.20 Å². The summed E-state index contributed by atoms with van der Waals surface area (Å²) in [4.78, 5) is 11.5. The van der Waals surface area contributed by atoms with E-state index in [9.17, 15) is 4.79 Å². The fourth-order valence-corrected chi connectivity index (χ4v) is 1.54. The number of carbonyl (C=O) groups is 1. The Labute approximate surface area is 109 Å². The molecule has 0 saturated carbocycles. The van der Waals surface area contributed by atoms with E-state index in [0.29, 0.717) is 17.1 Å². The predicted molar refractivity (Wildman–Crippen MR) is 68.1 cm³/mol. The van der Waals surface area contributed by atoms with Crippen molar-refractivity contribution in [1.82, 2.24) is 0 Å². The van der Waals surface area contributed by atoms with Gasteiger partial charge in [0, 0.05) is 11.9 Å². The zero-order valence-electron chi connectivity index (χ0n) is 10.1. The number of hydrogen-bond acceptors (Lipinski definition) is 5. The van der Waals surface area contributed by atoms with Gasteiger partial charge in [-0.05, 0) is 25.1 Å². The molecule has 0 aliphatic carbocycles. The lowest BCUT2D eigenvalue weighted by molar-refractivity contribution is -0.122. The van der Waals surface area contributed by atoms with Gasteiger partial charge in [-0.25, -0.2) is 0 Å². The second-order valence-electron chi connectivity index (χ2n) is 3.89. The second kappa shape index (κ2) is 5.11. The first-order valence-electron chi connectivity index (χ1n) is 5.52. The van der Waals surface area contributed by atoms with E-state index in [0.717, 1.165) is 0 Å². The standard InChI is InChI=1S/C13H10N4O2/c1-8-13(18)17-11-4-10(2-3-12(11)19-8)16-7-9(5-14)6-15/h2-4,7-8,16H,1H3,(H,17,18). The minimum Gasteiger partial charge on any atom is -0.479 e. The van der Waals surface area contributed by atoms with Gasteiger partial charge in [-0.3, -0.25) is 4.79 Å². The van der Waals surface area contributed by atoms with Crippen molar-refractivity contribution < 1.29 is 9.53 Å². The van der Waals surface area contributed by atoms with Crippen LogP contribution in [0, 0.1) is 22.7 Å². The van der Waals surface area contributed by atoms with Crippen LogP contribution in [-0.4, -0.2) is 12.0 Å². The van der Waals surface area contributed by atoms with Crippen LogP contribution in [0.2, 0.25) is 0 Å². The van der Waals surface area contributed by atoms with Crippen LogP contribution in [0.25, 0.3) is 0 Å². The molecule has 6 heteroatoms. The van der Waals surface area contributed by atoms with Crippen LogP contribution in [0.1, 0.15) is 6.92 Å². The number of rotatable bonds is 2. The number of nitrogens with zero attached hydrogens (tertiary/aromatic N) is 2. The van der Waals surface area contributed by atoms with E-state index in [4.69, 9.17) is 15.3 Å². The summed E-state index contributed by atoms with van der Waals surface area (Å²) in [5, 5.41) is 22.7. The van der Waals surface area contributed by atoms with Gasteiger partial charge in [0.1, 0.15) is 23.5 Å². The van der Waals surface area contributed by atoms with Gasteiger partial charge in [0.15, 0.2) is 6.10 Å². The maximum Gasteiger partial charge on any atom is 0.265 e. The Morgan fingerprint density at radius 2 is 2.21 bits per heavy atom. The number of allylic oxidation sites excluding steroid dienone is 1. The van der Waals surface area contributed by atoms with Gasteiger partial charge in [-0.15, -0.1) is 0 Å². The van der Waals surface area contributed by atoms with Gasteiger partial charge in [-0.2, -0.15) is 10.5 Å². The molecule has 1 unspecified atom stereocenters. The summed E-state index contributed by atoms with van der Waals surface area (Å²) in [7, 11) is 0. The third kappa shape index (κ3) is 2.64. The quantitative estimate of drug-likeness (QED) is 0.783. The maximum absolute atomic E-state index is 11.5. The van der Waals surface area contributed by atoms with Crippen LogP contribution in [0.15, 0.2) is 30.0 Å². The summed E-state index contributed by atoms with van der Waals surface area (Å²) < 4.78 is 5.41. The summed E-state index contributed by atoms with van der Waals surface area (Å²) in [6.45, 7) is 1.67. The third-order valence-electron chi connectivity index (χ3n) is 2.53. The lowest BCUT2D eigenvalue weighted by Crippen LogP contribution is -2.34. The summed E-state index contributed by atoms with van der Waals surface area (Å²) in [5.41, 5.74) is 1.16. The summed E-state index contributed by atoms with van der Waals surface area (Å²) in [6.07, 6.45) is 0.783. The van der Waals surface area contributed by atoms with E-state index in [2.05, 4.69) is 10.6 Å². The molecule has 0 fully saturated rings. The van der Waals surface area contributed by atoms with E-state index in [1.54, 1.807) is 37.3 Å². The molecule has 1 amide bonds. The molecule has 2 rings (SSSR count). The van der Waals surface area contributed by atoms with Crippen molar-refractivity contribution >= 4 is 17.3 Å². The van der Waals surface area contributed by atoms with Crippen molar-refractivity contribution in [3.05, 3.63) is 30.0 Å². The highest BCUT2D eigenvalue weighted by Crippen LogP contribution is 2.32. The van der Waals surface area contributed by atoms with Gasteiger partial charge < -0.3 is 15.4 Å². The van der Waals surface area contributed by atoms with Crippen LogP contribution >= 0.6 is 0 Å². The van der Waals surface area contributed by atoms with Crippen molar-refractivity contribution in [2.45, 2.75) is 13.0 Å². The van der Waals surface area contributed by atoms with Crippen LogP contribution in [0.4, 0.5) is 11.4 Å². The Kier molecular flexibility index (Phi) is 3.35. The second-order valence-corrected chi connectivity index (χ2v) is 3.89. The zero-order valence-corrected chi connectivity index (χ0v) is 10.1. The van der Waals surface area contributed by atoms with Crippen molar-refractivity contribution in [2.24, 2.45) is 0 Å². The predicted octanol–water partition coefficient (Wildman–Crippen LogP) is 1.75. The van der Waals surface area contributed by atoms with Crippen LogP contribution in [-0.2, 0) is 4.79 Å². The highest BCUT2D eigenvalue weighted by molar-refractivity contribution is 5.98. The van der Waals surface area contributed by atoms with Crippen LogP contribution < -0.4 is 15.4 Å². The topological polar surface area (TPSA) is 97.9 Å². The number of amides is 1. The van der Waals surface area contributed by atoms with E-state index >= 15 is 0 Å². The fraction of sp³-hybridized carbons (Fsp3) is 0.154. The van der Waals surface area contributed by atoms with E-state index in [1.807, 2.05) is 0 Å². The molecule has 1 aliphatic rings. The molecule has 0 radical (unpaired) electrons. The lowest BCUT2D eigenvalue weighted by Gasteiger charge is -2.23. The van der Waals surface area contributed by atoms with E-state index in [-0.39, 0.29) is 11.5 Å². The Balaban J connectivity index is 2.21. The normalized spacial score (nSPS) is 15.9. The molecule has 0 aromatic heterocycles. The van der Waals surface area contributed by atoms with Gasteiger partial charge >= 0.3 is 0 Å². The highest BCUT2D eigenvalue weighted by Gasteiger charge is 2.23. The van der Waals surface area contributed by atoms with Gasteiger partial charge in [0.25, 0.3) is 5.91 Å². The van der Waals surface area contributed by atoms with E-state index < -0.39 is 6.10 Å². The molecule has 94 valence electrons. The smallest absolute Gasteiger partial charge is 0.265 e. The minimum atomic E-state index is -0.519. The zero-order chi connectivity index (χ0) is 13.8. The number of nitriles is 2. The fourth-order valence-electron chi connectivity index (χ4n) is 1.54. The molecular formula is C13H10N4O2. The molecule has 0 bridgehead atoms. The van der Waals surface area contributed by atoms with Gasteiger partial charge in [0.05, 0.1) is 5.69 Å². The van der Waals surface area contributed by atoms with Crippen molar-refractivity contribution in [3.63, 3.8) is 0 Å². The first kappa shape index (κ1) is 12.5. The summed E-state index contributed by atoms with van der Waals surface area (Å²) in [6, 6.07) is 8.59. The van der Waals surface area contributed by atoms with Crippen molar-refractivity contribution in [1.29, 1.82) is 10.5 Å². The number of carbonyl (C=O) groups excluding carboxylic acids is 1. The van der Waals surface area contributed by atoms with Gasteiger partial charge in [-0.1, -0.05) is 0 Å². The Bertz CT molecular complexity index is 621. The van der Waals surface area contributed by atoms with Crippen molar-refractivity contribution in [2.75, 3.05) is 10.6 Å². The Morgan fingerprint density at radius 3 is 2.89 bits per heavy atom. The number of anilines is 2. The Morgan fingerprint density at radius 1 is 1.47 bits per heavy atom.